The first kappa shape index (κ1) is 17.7. The zero-order chi connectivity index (χ0) is 16.4. The summed E-state index contributed by atoms with van der Waals surface area (Å²) in [4.78, 5) is 0. The fraction of sp³-hybridized carbons (Fsp3) is 0.455. The number of hydrogen-bond donors (Lipinski definition) is 0. The SMILES string of the molecule is CCCCCCCC[N+](CC)(c1ccccc1)c1ccccc1. The average Bonchev–Trinajstić information content (AvgIpc) is 2.63. The average molecular weight is 311 g/mol. The molecule has 0 radical (unpaired) electrons. The van der Waals surface area contributed by atoms with Gasteiger partial charge in [0.25, 0.3) is 0 Å². The quantitative estimate of drug-likeness (QED) is 0.338. The van der Waals surface area contributed by atoms with Crippen LogP contribution in [0.25, 0.3) is 0 Å². The van der Waals surface area contributed by atoms with Crippen LogP contribution in [-0.4, -0.2) is 13.1 Å². The van der Waals surface area contributed by atoms with Gasteiger partial charge < -0.3 is 0 Å². The highest BCUT2D eigenvalue weighted by Gasteiger charge is 2.30. The first-order chi connectivity index (χ1) is 11.3. The number of benzene rings is 2. The van der Waals surface area contributed by atoms with Crippen LogP contribution in [0.3, 0.4) is 0 Å². The molecule has 0 heterocycles. The fourth-order valence-corrected chi connectivity index (χ4v) is 3.52. The largest absolute Gasteiger partial charge is 0.259 e. The molecule has 0 spiro atoms. The lowest BCUT2D eigenvalue weighted by atomic mass is 10.1. The molecule has 0 amide bonds. The molecule has 0 unspecified atom stereocenters. The Kier molecular flexibility index (Phi) is 7.35. The predicted octanol–water partition coefficient (Wildman–Crippen LogP) is 6.71. The van der Waals surface area contributed by atoms with E-state index in [4.69, 9.17) is 0 Å². The maximum atomic E-state index is 2.32. The molecule has 0 fully saturated rings. The van der Waals surface area contributed by atoms with Crippen LogP contribution < -0.4 is 4.48 Å². The molecule has 124 valence electrons. The molecular formula is C22H32N+. The van der Waals surface area contributed by atoms with Crippen molar-refractivity contribution in [3.05, 3.63) is 60.7 Å². The normalized spacial score (nSPS) is 11.6. The van der Waals surface area contributed by atoms with E-state index >= 15 is 0 Å². The lowest BCUT2D eigenvalue weighted by Gasteiger charge is -2.37. The van der Waals surface area contributed by atoms with Crippen molar-refractivity contribution in [2.45, 2.75) is 52.4 Å². The predicted molar refractivity (Wildman–Crippen MR) is 103 cm³/mol. The third-order valence-corrected chi connectivity index (χ3v) is 4.93. The topological polar surface area (TPSA) is 0 Å². The van der Waals surface area contributed by atoms with Gasteiger partial charge in [-0.05, 0) is 44.0 Å². The van der Waals surface area contributed by atoms with Crippen LogP contribution in [0, 0.1) is 0 Å². The van der Waals surface area contributed by atoms with E-state index in [9.17, 15) is 0 Å². The van der Waals surface area contributed by atoms with E-state index in [1.807, 2.05) is 0 Å². The first-order valence-corrected chi connectivity index (χ1v) is 9.32. The Labute approximate surface area is 142 Å². The lowest BCUT2D eigenvalue weighted by molar-refractivity contribution is 0.383. The molecule has 0 aliphatic heterocycles. The molecule has 2 rings (SSSR count). The van der Waals surface area contributed by atoms with Crippen LogP contribution in [0.4, 0.5) is 11.4 Å². The Bertz CT molecular complexity index is 493. The zero-order valence-corrected chi connectivity index (χ0v) is 14.9. The summed E-state index contributed by atoms with van der Waals surface area (Å²) >= 11 is 0. The summed E-state index contributed by atoms with van der Waals surface area (Å²) in [5.41, 5.74) is 2.82. The second-order valence-corrected chi connectivity index (χ2v) is 6.45. The van der Waals surface area contributed by atoms with Crippen LogP contribution in [0.2, 0.25) is 0 Å². The van der Waals surface area contributed by atoms with Gasteiger partial charge in [0.1, 0.15) is 11.4 Å². The molecule has 1 heteroatoms. The van der Waals surface area contributed by atoms with Gasteiger partial charge in [-0.15, -0.1) is 0 Å². The highest BCUT2D eigenvalue weighted by Crippen LogP contribution is 2.34. The van der Waals surface area contributed by atoms with Gasteiger partial charge >= 0.3 is 0 Å². The molecule has 0 saturated heterocycles. The molecule has 23 heavy (non-hydrogen) atoms. The summed E-state index contributed by atoms with van der Waals surface area (Å²) in [6.07, 6.45) is 8.11. The monoisotopic (exact) mass is 310 g/mol. The Morgan fingerprint density at radius 2 is 1.09 bits per heavy atom. The van der Waals surface area contributed by atoms with Crippen molar-refractivity contribution in [3.63, 3.8) is 0 Å². The van der Waals surface area contributed by atoms with Crippen molar-refractivity contribution in [2.75, 3.05) is 13.1 Å². The van der Waals surface area contributed by atoms with E-state index < -0.39 is 0 Å². The van der Waals surface area contributed by atoms with Crippen molar-refractivity contribution in [1.29, 1.82) is 0 Å². The molecular weight excluding hydrogens is 278 g/mol. The zero-order valence-electron chi connectivity index (χ0n) is 14.9. The second kappa shape index (κ2) is 9.52. The van der Waals surface area contributed by atoms with E-state index in [1.54, 1.807) is 0 Å². The van der Waals surface area contributed by atoms with Crippen LogP contribution in [0.1, 0.15) is 52.4 Å². The summed E-state index contributed by atoms with van der Waals surface area (Å²) in [5, 5.41) is 0. The molecule has 2 aromatic carbocycles. The molecule has 0 aliphatic carbocycles. The summed E-state index contributed by atoms with van der Waals surface area (Å²) < 4.78 is 0.968. The van der Waals surface area contributed by atoms with Crippen molar-refractivity contribution >= 4 is 11.4 Å². The number of quaternary nitrogens is 1. The minimum atomic E-state index is 0.968. The van der Waals surface area contributed by atoms with E-state index in [0.29, 0.717) is 0 Å². The van der Waals surface area contributed by atoms with E-state index in [1.165, 1.54) is 56.4 Å². The number of rotatable bonds is 10. The number of hydrogen-bond acceptors (Lipinski definition) is 0. The van der Waals surface area contributed by atoms with Gasteiger partial charge in [-0.25, -0.2) is 0 Å². The first-order valence-electron chi connectivity index (χ1n) is 9.32. The van der Waals surface area contributed by atoms with Crippen molar-refractivity contribution < 1.29 is 0 Å². The van der Waals surface area contributed by atoms with Crippen molar-refractivity contribution in [3.8, 4) is 0 Å². The molecule has 0 aromatic heterocycles. The number of nitrogens with zero attached hydrogens (tertiary/aromatic N) is 1. The van der Waals surface area contributed by atoms with Gasteiger partial charge in [0.2, 0.25) is 0 Å². The van der Waals surface area contributed by atoms with Crippen LogP contribution >= 0.6 is 0 Å². The summed E-state index contributed by atoms with van der Waals surface area (Å²) in [6, 6.07) is 22.0. The Balaban J connectivity index is 2.15. The third-order valence-electron chi connectivity index (χ3n) is 4.93. The van der Waals surface area contributed by atoms with Gasteiger partial charge in [-0.2, -0.15) is 0 Å². The standard InChI is InChI=1S/C22H32N/c1-3-5-6-7-8-15-20-23(4-2,21-16-11-9-12-17-21)22-18-13-10-14-19-22/h9-14,16-19H,3-8,15,20H2,1-2H3/q+1. The summed E-state index contributed by atoms with van der Waals surface area (Å²) in [7, 11) is 0. The van der Waals surface area contributed by atoms with E-state index in [0.717, 1.165) is 11.0 Å². The van der Waals surface area contributed by atoms with Crippen molar-refractivity contribution in [2.24, 2.45) is 0 Å². The minimum Gasteiger partial charge on any atom is -0.259 e. The molecule has 1 nitrogen and oxygen atoms in total. The van der Waals surface area contributed by atoms with E-state index in [2.05, 4.69) is 74.5 Å². The Hall–Kier alpha value is -1.60. The lowest BCUT2D eigenvalue weighted by Crippen LogP contribution is -2.44. The smallest absolute Gasteiger partial charge is 0.137 e. The van der Waals surface area contributed by atoms with Gasteiger partial charge in [0.15, 0.2) is 0 Å². The van der Waals surface area contributed by atoms with Crippen LogP contribution in [-0.2, 0) is 0 Å². The van der Waals surface area contributed by atoms with Gasteiger partial charge in [-0.3, -0.25) is 4.48 Å². The Morgan fingerprint density at radius 1 is 0.609 bits per heavy atom. The van der Waals surface area contributed by atoms with Crippen LogP contribution in [0.15, 0.2) is 60.7 Å². The maximum Gasteiger partial charge on any atom is 0.137 e. The van der Waals surface area contributed by atoms with Crippen molar-refractivity contribution in [1.82, 2.24) is 4.48 Å². The number of unbranched alkanes of at least 4 members (excludes halogenated alkanes) is 5. The van der Waals surface area contributed by atoms with Gasteiger partial charge in [0, 0.05) is 0 Å². The second-order valence-electron chi connectivity index (χ2n) is 6.45. The van der Waals surface area contributed by atoms with Crippen LogP contribution in [0.5, 0.6) is 0 Å². The Morgan fingerprint density at radius 3 is 1.57 bits per heavy atom. The molecule has 0 N–H and O–H groups in total. The van der Waals surface area contributed by atoms with Gasteiger partial charge in [-0.1, -0.05) is 69.0 Å². The molecule has 2 aromatic rings. The fourth-order valence-electron chi connectivity index (χ4n) is 3.52. The highest BCUT2D eigenvalue weighted by atomic mass is 15.4. The molecule has 0 bridgehead atoms. The van der Waals surface area contributed by atoms with E-state index in [-0.39, 0.29) is 0 Å². The van der Waals surface area contributed by atoms with Gasteiger partial charge in [0.05, 0.1) is 13.1 Å². The molecule has 0 saturated carbocycles. The third kappa shape index (κ3) is 4.68. The summed E-state index contributed by atoms with van der Waals surface area (Å²) in [6.45, 7) is 6.89. The molecule has 0 atom stereocenters. The highest BCUT2D eigenvalue weighted by molar-refractivity contribution is 5.58. The summed E-state index contributed by atoms with van der Waals surface area (Å²) in [5.74, 6) is 0. The maximum absolute atomic E-state index is 2.32. The number of para-hydroxylation sites is 2. The molecule has 0 aliphatic rings. The minimum absolute atomic E-state index is 0.968.